The molecule has 0 radical (unpaired) electrons. The monoisotopic (exact) mass is 342 g/mol. The second-order valence-corrected chi connectivity index (χ2v) is 5.82. The number of nitrogens with zero attached hydrogens (tertiary/aromatic N) is 3. The SMILES string of the molecule is CNC1CCCN(Cc2nc(-c3ccc(Cl)cc3)no2)C1.Cl. The van der Waals surface area contributed by atoms with E-state index < -0.39 is 0 Å². The first-order valence-corrected chi connectivity index (χ1v) is 7.60. The van der Waals surface area contributed by atoms with Crippen molar-refractivity contribution in [2.75, 3.05) is 20.1 Å². The number of hydrogen-bond donors (Lipinski definition) is 1. The predicted molar refractivity (Wildman–Crippen MR) is 89.4 cm³/mol. The standard InChI is InChI=1S/C15H19ClN4O.ClH/c1-17-13-3-2-8-20(9-13)10-14-18-15(19-21-14)11-4-6-12(16)7-5-11;/h4-7,13,17H,2-3,8-10H2,1H3;1H. The van der Waals surface area contributed by atoms with E-state index in [1.165, 1.54) is 12.8 Å². The van der Waals surface area contributed by atoms with Gasteiger partial charge in [-0.05, 0) is 50.7 Å². The number of rotatable bonds is 4. The van der Waals surface area contributed by atoms with Crippen LogP contribution in [0.25, 0.3) is 11.4 Å². The summed E-state index contributed by atoms with van der Waals surface area (Å²) in [6.07, 6.45) is 2.43. The zero-order valence-electron chi connectivity index (χ0n) is 12.5. The van der Waals surface area contributed by atoms with E-state index in [9.17, 15) is 0 Å². The Labute approximate surface area is 141 Å². The lowest BCUT2D eigenvalue weighted by atomic mass is 10.1. The van der Waals surface area contributed by atoms with Gasteiger partial charge >= 0.3 is 0 Å². The number of aromatic nitrogens is 2. The summed E-state index contributed by atoms with van der Waals surface area (Å²) in [5.41, 5.74) is 0.918. The van der Waals surface area contributed by atoms with Gasteiger partial charge in [0.05, 0.1) is 6.54 Å². The van der Waals surface area contributed by atoms with Gasteiger partial charge < -0.3 is 9.84 Å². The predicted octanol–water partition coefficient (Wildman–Crippen LogP) is 3.00. The zero-order chi connectivity index (χ0) is 14.7. The van der Waals surface area contributed by atoms with Gasteiger partial charge in [-0.3, -0.25) is 4.90 Å². The molecule has 1 aliphatic rings. The number of likely N-dealkylation sites (N-methyl/N-ethyl adjacent to an activating group) is 1. The average molecular weight is 343 g/mol. The lowest BCUT2D eigenvalue weighted by Gasteiger charge is -2.31. The molecule has 1 aromatic heterocycles. The Morgan fingerprint density at radius 2 is 2.14 bits per heavy atom. The third kappa shape index (κ3) is 4.20. The molecule has 0 saturated carbocycles. The number of nitrogens with one attached hydrogen (secondary N) is 1. The Balaban J connectivity index is 0.00000176. The third-order valence-corrected chi connectivity index (χ3v) is 4.10. The molecule has 1 unspecified atom stereocenters. The molecule has 2 aromatic rings. The third-order valence-electron chi connectivity index (χ3n) is 3.84. The van der Waals surface area contributed by atoms with Gasteiger partial charge in [0.1, 0.15) is 0 Å². The van der Waals surface area contributed by atoms with Crippen molar-refractivity contribution >= 4 is 24.0 Å². The molecule has 1 N–H and O–H groups in total. The first-order valence-electron chi connectivity index (χ1n) is 7.23. The first kappa shape index (κ1) is 17.2. The van der Waals surface area contributed by atoms with E-state index >= 15 is 0 Å². The van der Waals surface area contributed by atoms with E-state index in [1.54, 1.807) is 0 Å². The number of benzene rings is 1. The van der Waals surface area contributed by atoms with E-state index in [2.05, 4.69) is 20.4 Å². The lowest BCUT2D eigenvalue weighted by Crippen LogP contribution is -2.43. The maximum atomic E-state index is 5.88. The fourth-order valence-corrected chi connectivity index (χ4v) is 2.79. The fraction of sp³-hybridized carbons (Fsp3) is 0.467. The van der Waals surface area contributed by atoms with Crippen molar-refractivity contribution in [2.45, 2.75) is 25.4 Å². The highest BCUT2D eigenvalue weighted by Crippen LogP contribution is 2.19. The van der Waals surface area contributed by atoms with Gasteiger partial charge in [-0.15, -0.1) is 12.4 Å². The highest BCUT2D eigenvalue weighted by Gasteiger charge is 2.20. The van der Waals surface area contributed by atoms with Crippen molar-refractivity contribution < 1.29 is 4.52 Å². The van der Waals surface area contributed by atoms with Crippen LogP contribution in [0, 0.1) is 0 Å². The summed E-state index contributed by atoms with van der Waals surface area (Å²) >= 11 is 5.88. The molecular weight excluding hydrogens is 323 g/mol. The summed E-state index contributed by atoms with van der Waals surface area (Å²) in [4.78, 5) is 6.82. The van der Waals surface area contributed by atoms with Crippen LogP contribution >= 0.6 is 24.0 Å². The summed E-state index contributed by atoms with van der Waals surface area (Å²) in [5, 5.41) is 8.09. The van der Waals surface area contributed by atoms with Crippen molar-refractivity contribution in [3.05, 3.63) is 35.2 Å². The highest BCUT2D eigenvalue weighted by atomic mass is 35.5. The summed E-state index contributed by atoms with van der Waals surface area (Å²) in [6, 6.07) is 8.01. The Morgan fingerprint density at radius 3 is 2.86 bits per heavy atom. The maximum absolute atomic E-state index is 5.88. The molecule has 1 atom stereocenters. The molecule has 0 amide bonds. The summed E-state index contributed by atoms with van der Waals surface area (Å²) in [7, 11) is 2.01. The summed E-state index contributed by atoms with van der Waals surface area (Å²) in [6.45, 7) is 2.81. The topological polar surface area (TPSA) is 54.2 Å². The molecule has 1 fully saturated rings. The number of likely N-dealkylation sites (tertiary alicyclic amines) is 1. The van der Waals surface area contributed by atoms with Crippen LogP contribution in [0.4, 0.5) is 0 Å². The van der Waals surface area contributed by atoms with Crippen LogP contribution in [0.15, 0.2) is 28.8 Å². The lowest BCUT2D eigenvalue weighted by molar-refractivity contribution is 0.167. The molecule has 1 saturated heterocycles. The quantitative estimate of drug-likeness (QED) is 0.925. The van der Waals surface area contributed by atoms with Gasteiger partial charge in [0.25, 0.3) is 0 Å². The zero-order valence-corrected chi connectivity index (χ0v) is 14.0. The Morgan fingerprint density at radius 1 is 1.36 bits per heavy atom. The first-order chi connectivity index (χ1) is 10.2. The summed E-state index contributed by atoms with van der Waals surface area (Å²) in [5.74, 6) is 1.28. The van der Waals surface area contributed by atoms with E-state index in [1.807, 2.05) is 31.3 Å². The molecule has 3 rings (SSSR count). The molecular formula is C15H20Cl2N4O. The minimum atomic E-state index is 0. The molecule has 7 heteroatoms. The van der Waals surface area contributed by atoms with Gasteiger partial charge in [0.2, 0.25) is 11.7 Å². The van der Waals surface area contributed by atoms with Crippen molar-refractivity contribution in [1.29, 1.82) is 0 Å². The minimum Gasteiger partial charge on any atom is -0.338 e. The van der Waals surface area contributed by atoms with Gasteiger partial charge in [0, 0.05) is 23.2 Å². The minimum absolute atomic E-state index is 0. The van der Waals surface area contributed by atoms with Gasteiger partial charge in [-0.25, -0.2) is 0 Å². The van der Waals surface area contributed by atoms with Crippen LogP contribution in [-0.4, -0.2) is 41.2 Å². The largest absolute Gasteiger partial charge is 0.338 e. The van der Waals surface area contributed by atoms with E-state index in [0.29, 0.717) is 29.3 Å². The maximum Gasteiger partial charge on any atom is 0.241 e. The van der Waals surface area contributed by atoms with Gasteiger partial charge in [-0.2, -0.15) is 4.98 Å². The number of hydrogen-bond acceptors (Lipinski definition) is 5. The molecule has 0 aliphatic carbocycles. The molecule has 0 spiro atoms. The van der Waals surface area contributed by atoms with Gasteiger partial charge in [0.15, 0.2) is 0 Å². The molecule has 2 heterocycles. The average Bonchev–Trinajstić information content (AvgIpc) is 2.96. The second kappa shape index (κ2) is 7.92. The van der Waals surface area contributed by atoms with Crippen LogP contribution in [0.3, 0.4) is 0 Å². The Bertz CT molecular complexity index is 587. The molecule has 1 aliphatic heterocycles. The second-order valence-electron chi connectivity index (χ2n) is 5.38. The van der Waals surface area contributed by atoms with Gasteiger partial charge in [-0.1, -0.05) is 16.8 Å². The van der Waals surface area contributed by atoms with Crippen molar-refractivity contribution in [2.24, 2.45) is 0 Å². The van der Waals surface area contributed by atoms with Crippen molar-refractivity contribution in [3.63, 3.8) is 0 Å². The van der Waals surface area contributed by atoms with Crippen LogP contribution in [0.1, 0.15) is 18.7 Å². The van der Waals surface area contributed by atoms with Crippen LogP contribution in [0.5, 0.6) is 0 Å². The smallest absolute Gasteiger partial charge is 0.241 e. The van der Waals surface area contributed by atoms with E-state index in [4.69, 9.17) is 16.1 Å². The van der Waals surface area contributed by atoms with Crippen LogP contribution in [-0.2, 0) is 6.54 Å². The summed E-state index contributed by atoms with van der Waals surface area (Å²) < 4.78 is 5.36. The van der Waals surface area contributed by atoms with Crippen LogP contribution < -0.4 is 5.32 Å². The molecule has 0 bridgehead atoms. The van der Waals surface area contributed by atoms with E-state index in [0.717, 1.165) is 18.7 Å². The Kier molecular flexibility index (Phi) is 6.20. The Hall–Kier alpha value is -1.14. The molecule has 120 valence electrons. The fourth-order valence-electron chi connectivity index (χ4n) is 2.66. The molecule has 1 aromatic carbocycles. The normalized spacial score (nSPS) is 18.9. The van der Waals surface area contributed by atoms with Crippen LogP contribution in [0.2, 0.25) is 5.02 Å². The molecule has 5 nitrogen and oxygen atoms in total. The number of halogens is 2. The van der Waals surface area contributed by atoms with E-state index in [-0.39, 0.29) is 12.4 Å². The van der Waals surface area contributed by atoms with Crippen molar-refractivity contribution in [3.8, 4) is 11.4 Å². The van der Waals surface area contributed by atoms with Crippen molar-refractivity contribution in [1.82, 2.24) is 20.4 Å². The molecule has 22 heavy (non-hydrogen) atoms. The number of piperidine rings is 1. The highest BCUT2D eigenvalue weighted by molar-refractivity contribution is 6.30.